The minimum atomic E-state index is -0.237. The molecule has 0 aromatic heterocycles. The van der Waals surface area contributed by atoms with Gasteiger partial charge in [-0.1, -0.05) is 50.1 Å². The molecule has 2 aromatic carbocycles. The Morgan fingerprint density at radius 1 is 1.15 bits per heavy atom. The molecule has 0 saturated heterocycles. The minimum Gasteiger partial charge on any atom is -0.267 e. The van der Waals surface area contributed by atoms with Crippen molar-refractivity contribution >= 4 is 44.0 Å². The fraction of sp³-hybridized carbons (Fsp3) is 0.0667. The van der Waals surface area contributed by atoms with Crippen LogP contribution in [0, 0.1) is 6.92 Å². The summed E-state index contributed by atoms with van der Waals surface area (Å²) in [5.74, 6) is -0.237. The monoisotopic (exact) mass is 394 g/mol. The first-order chi connectivity index (χ1) is 9.56. The van der Waals surface area contributed by atoms with Gasteiger partial charge in [-0.2, -0.15) is 5.10 Å². The van der Waals surface area contributed by atoms with E-state index in [0.29, 0.717) is 5.56 Å². The van der Waals surface area contributed by atoms with Crippen molar-refractivity contribution in [2.45, 2.75) is 6.92 Å². The van der Waals surface area contributed by atoms with Crippen molar-refractivity contribution in [2.24, 2.45) is 5.10 Å². The molecule has 5 heteroatoms. The fourth-order valence-electron chi connectivity index (χ4n) is 1.51. The number of halogens is 2. The highest BCUT2D eigenvalue weighted by Crippen LogP contribution is 2.17. The van der Waals surface area contributed by atoms with E-state index >= 15 is 0 Å². The average Bonchev–Trinajstić information content (AvgIpc) is 2.44. The Labute approximate surface area is 134 Å². The summed E-state index contributed by atoms with van der Waals surface area (Å²) in [6.45, 7) is 1.97. The average molecular weight is 396 g/mol. The molecular formula is C15H12Br2N2O. The number of hydrogen-bond acceptors (Lipinski definition) is 2. The van der Waals surface area contributed by atoms with Crippen molar-refractivity contribution in [1.82, 2.24) is 5.43 Å². The largest absolute Gasteiger partial charge is 0.271 e. The second-order valence-electron chi connectivity index (χ2n) is 4.21. The summed E-state index contributed by atoms with van der Waals surface area (Å²) in [7, 11) is 0. The summed E-state index contributed by atoms with van der Waals surface area (Å²) in [6, 6.07) is 13.1. The number of nitrogens with zero attached hydrogens (tertiary/aromatic N) is 1. The molecule has 0 aliphatic rings. The standard InChI is InChI=1S/C15H12Br2N2O/c1-10-2-5-12(8-14(10)17)15(20)19-18-9-11-3-6-13(16)7-4-11/h2-9H,1H3,(H,19,20)/b18-9+. The summed E-state index contributed by atoms with van der Waals surface area (Å²) >= 11 is 6.76. The van der Waals surface area contributed by atoms with E-state index in [4.69, 9.17) is 0 Å². The molecule has 0 fully saturated rings. The van der Waals surface area contributed by atoms with Gasteiger partial charge in [0.05, 0.1) is 6.21 Å². The number of amides is 1. The third-order valence-corrected chi connectivity index (χ3v) is 4.07. The smallest absolute Gasteiger partial charge is 0.267 e. The highest BCUT2D eigenvalue weighted by atomic mass is 79.9. The quantitative estimate of drug-likeness (QED) is 0.611. The molecule has 0 spiro atoms. The Morgan fingerprint density at radius 3 is 2.50 bits per heavy atom. The van der Waals surface area contributed by atoms with Crippen LogP contribution in [-0.4, -0.2) is 12.1 Å². The van der Waals surface area contributed by atoms with Crippen molar-refractivity contribution in [3.05, 3.63) is 68.1 Å². The molecule has 0 heterocycles. The van der Waals surface area contributed by atoms with Crippen LogP contribution < -0.4 is 5.43 Å². The number of carbonyl (C=O) groups excluding carboxylic acids is 1. The van der Waals surface area contributed by atoms with Gasteiger partial charge >= 0.3 is 0 Å². The van der Waals surface area contributed by atoms with Crippen molar-refractivity contribution in [3.63, 3.8) is 0 Å². The molecule has 2 aromatic rings. The number of hydrogen-bond donors (Lipinski definition) is 1. The third kappa shape index (κ3) is 4.02. The number of aryl methyl sites for hydroxylation is 1. The van der Waals surface area contributed by atoms with E-state index in [1.54, 1.807) is 18.3 Å². The predicted molar refractivity (Wildman–Crippen MR) is 88.1 cm³/mol. The number of benzene rings is 2. The summed E-state index contributed by atoms with van der Waals surface area (Å²) < 4.78 is 1.91. The first kappa shape index (κ1) is 14.9. The molecule has 1 N–H and O–H groups in total. The minimum absolute atomic E-state index is 0.237. The first-order valence-corrected chi connectivity index (χ1v) is 7.50. The molecule has 0 atom stereocenters. The summed E-state index contributed by atoms with van der Waals surface area (Å²) in [4.78, 5) is 11.9. The van der Waals surface area contributed by atoms with E-state index in [9.17, 15) is 4.79 Å². The van der Waals surface area contributed by atoms with Crippen LogP contribution in [0.2, 0.25) is 0 Å². The Morgan fingerprint density at radius 2 is 1.85 bits per heavy atom. The van der Waals surface area contributed by atoms with Crippen LogP contribution in [-0.2, 0) is 0 Å². The zero-order chi connectivity index (χ0) is 14.5. The van der Waals surface area contributed by atoms with Crippen LogP contribution in [0.4, 0.5) is 0 Å². The highest BCUT2D eigenvalue weighted by molar-refractivity contribution is 9.10. The molecule has 102 valence electrons. The van der Waals surface area contributed by atoms with Gasteiger partial charge in [0.25, 0.3) is 5.91 Å². The van der Waals surface area contributed by atoms with Crippen molar-refractivity contribution < 1.29 is 4.79 Å². The van der Waals surface area contributed by atoms with Gasteiger partial charge < -0.3 is 0 Å². The van der Waals surface area contributed by atoms with Crippen LogP contribution >= 0.6 is 31.9 Å². The molecule has 3 nitrogen and oxygen atoms in total. The summed E-state index contributed by atoms with van der Waals surface area (Å²) in [5, 5.41) is 3.94. The molecule has 0 unspecified atom stereocenters. The summed E-state index contributed by atoms with van der Waals surface area (Å²) in [5.41, 5.74) is 5.07. The van der Waals surface area contributed by atoms with Crippen molar-refractivity contribution in [1.29, 1.82) is 0 Å². The lowest BCUT2D eigenvalue weighted by Gasteiger charge is -2.02. The summed E-state index contributed by atoms with van der Waals surface area (Å²) in [6.07, 6.45) is 1.60. The molecule has 0 aliphatic carbocycles. The van der Waals surface area contributed by atoms with Crippen LogP contribution in [0.1, 0.15) is 21.5 Å². The molecule has 0 aliphatic heterocycles. The maximum atomic E-state index is 11.9. The maximum Gasteiger partial charge on any atom is 0.271 e. The Bertz CT molecular complexity index is 651. The van der Waals surface area contributed by atoms with E-state index in [1.165, 1.54) is 0 Å². The molecule has 0 bridgehead atoms. The highest BCUT2D eigenvalue weighted by Gasteiger charge is 2.05. The van der Waals surface area contributed by atoms with Gasteiger partial charge in [0.1, 0.15) is 0 Å². The van der Waals surface area contributed by atoms with Gasteiger partial charge in [-0.05, 0) is 42.3 Å². The van der Waals surface area contributed by atoms with E-state index in [-0.39, 0.29) is 5.91 Å². The van der Waals surface area contributed by atoms with Gasteiger partial charge in [0.15, 0.2) is 0 Å². The van der Waals surface area contributed by atoms with E-state index < -0.39 is 0 Å². The lowest BCUT2D eigenvalue weighted by molar-refractivity contribution is 0.0955. The van der Waals surface area contributed by atoms with Crippen LogP contribution in [0.5, 0.6) is 0 Å². The molecule has 2 rings (SSSR count). The second kappa shape index (κ2) is 6.81. The Kier molecular flexibility index (Phi) is 5.09. The molecule has 0 saturated carbocycles. The van der Waals surface area contributed by atoms with Crippen molar-refractivity contribution in [3.8, 4) is 0 Å². The van der Waals surface area contributed by atoms with Crippen LogP contribution in [0.15, 0.2) is 56.5 Å². The maximum absolute atomic E-state index is 11.9. The van der Waals surface area contributed by atoms with E-state index in [2.05, 4.69) is 42.4 Å². The first-order valence-electron chi connectivity index (χ1n) is 5.91. The Balaban J connectivity index is 2.01. The SMILES string of the molecule is Cc1ccc(C(=O)N/N=C/c2ccc(Br)cc2)cc1Br. The van der Waals surface area contributed by atoms with E-state index in [0.717, 1.165) is 20.1 Å². The van der Waals surface area contributed by atoms with Gasteiger partial charge in [-0.15, -0.1) is 0 Å². The van der Waals surface area contributed by atoms with Gasteiger partial charge in [0, 0.05) is 14.5 Å². The lowest BCUT2D eigenvalue weighted by Crippen LogP contribution is -2.17. The zero-order valence-electron chi connectivity index (χ0n) is 10.7. The second-order valence-corrected chi connectivity index (χ2v) is 5.98. The molecule has 1 amide bonds. The van der Waals surface area contributed by atoms with Gasteiger partial charge in [0.2, 0.25) is 0 Å². The lowest BCUT2D eigenvalue weighted by atomic mass is 10.1. The predicted octanol–water partition coefficient (Wildman–Crippen LogP) is 4.28. The van der Waals surface area contributed by atoms with E-state index in [1.807, 2.05) is 37.3 Å². The van der Waals surface area contributed by atoms with Crippen LogP contribution in [0.3, 0.4) is 0 Å². The molecule has 0 radical (unpaired) electrons. The number of carbonyl (C=O) groups is 1. The zero-order valence-corrected chi connectivity index (χ0v) is 13.9. The normalized spacial score (nSPS) is 10.8. The number of hydrazone groups is 1. The van der Waals surface area contributed by atoms with Gasteiger partial charge in [-0.25, -0.2) is 5.43 Å². The number of rotatable bonds is 3. The molecular weight excluding hydrogens is 384 g/mol. The number of nitrogens with one attached hydrogen (secondary N) is 1. The van der Waals surface area contributed by atoms with Crippen LogP contribution in [0.25, 0.3) is 0 Å². The fourth-order valence-corrected chi connectivity index (χ4v) is 2.16. The third-order valence-electron chi connectivity index (χ3n) is 2.68. The van der Waals surface area contributed by atoms with Gasteiger partial charge in [-0.3, -0.25) is 4.79 Å². The topological polar surface area (TPSA) is 41.5 Å². The Hall–Kier alpha value is -1.46. The molecule has 20 heavy (non-hydrogen) atoms. The van der Waals surface area contributed by atoms with Crippen molar-refractivity contribution in [2.75, 3.05) is 0 Å².